The zero-order valence-corrected chi connectivity index (χ0v) is 19.3. The maximum Gasteiger partial charge on any atom is 0.410 e. The molecule has 176 valence electrons. The Hall–Kier alpha value is -3.69. The molecule has 1 aromatic carbocycles. The fourth-order valence-corrected chi connectivity index (χ4v) is 3.47. The van der Waals surface area contributed by atoms with E-state index in [2.05, 4.69) is 15.3 Å². The first-order chi connectivity index (χ1) is 15.6. The van der Waals surface area contributed by atoms with Crippen molar-refractivity contribution in [1.82, 2.24) is 20.2 Å². The molecule has 1 aliphatic rings. The van der Waals surface area contributed by atoms with Crippen LogP contribution < -0.4 is 11.1 Å². The molecular formula is C23H29N5O5. The van der Waals surface area contributed by atoms with Gasteiger partial charge < -0.3 is 25.4 Å². The number of anilines is 1. The molecule has 33 heavy (non-hydrogen) atoms. The van der Waals surface area contributed by atoms with Crippen molar-refractivity contribution >= 4 is 23.8 Å². The van der Waals surface area contributed by atoms with Crippen molar-refractivity contribution in [1.29, 1.82) is 0 Å². The molecular weight excluding hydrogens is 426 g/mol. The maximum atomic E-state index is 12.9. The molecule has 10 heteroatoms. The van der Waals surface area contributed by atoms with Crippen molar-refractivity contribution in [2.45, 2.75) is 45.3 Å². The Morgan fingerprint density at radius 3 is 2.70 bits per heavy atom. The number of nitrogen functional groups attached to an aromatic ring is 1. The molecule has 0 saturated carbocycles. The van der Waals surface area contributed by atoms with Crippen molar-refractivity contribution in [3.05, 3.63) is 41.7 Å². The van der Waals surface area contributed by atoms with E-state index in [0.717, 1.165) is 6.42 Å². The van der Waals surface area contributed by atoms with Crippen molar-refractivity contribution in [3.63, 3.8) is 0 Å². The number of ether oxygens (including phenoxy) is 2. The van der Waals surface area contributed by atoms with Crippen LogP contribution in [0, 0.1) is 0 Å². The number of nitrogens with zero attached hydrogens (tertiary/aromatic N) is 3. The summed E-state index contributed by atoms with van der Waals surface area (Å²) >= 11 is 0. The Bertz CT molecular complexity index is 1050. The minimum Gasteiger partial charge on any atom is -0.465 e. The summed E-state index contributed by atoms with van der Waals surface area (Å²) < 4.78 is 10.2. The van der Waals surface area contributed by atoms with Gasteiger partial charge in [-0.05, 0) is 45.7 Å². The number of nitrogens with one attached hydrogen (secondary N) is 1. The largest absolute Gasteiger partial charge is 0.465 e. The van der Waals surface area contributed by atoms with E-state index in [-0.39, 0.29) is 17.6 Å². The van der Waals surface area contributed by atoms with Crippen LogP contribution in [0.15, 0.2) is 30.5 Å². The zero-order chi connectivity index (χ0) is 24.2. The maximum absolute atomic E-state index is 12.9. The monoisotopic (exact) mass is 455 g/mol. The molecule has 3 rings (SSSR count). The normalized spacial score (nSPS) is 16.1. The number of carbonyl (C=O) groups excluding carboxylic acids is 3. The number of aromatic nitrogens is 2. The highest BCUT2D eigenvalue weighted by molar-refractivity contribution is 5.97. The van der Waals surface area contributed by atoms with E-state index in [1.807, 2.05) is 20.8 Å². The molecule has 1 aromatic heterocycles. The van der Waals surface area contributed by atoms with E-state index in [4.69, 9.17) is 15.2 Å². The quantitative estimate of drug-likeness (QED) is 0.672. The Morgan fingerprint density at radius 1 is 1.24 bits per heavy atom. The number of hydrogen-bond acceptors (Lipinski definition) is 8. The third kappa shape index (κ3) is 6.18. The highest BCUT2D eigenvalue weighted by atomic mass is 16.6. The van der Waals surface area contributed by atoms with Gasteiger partial charge in [0.05, 0.1) is 24.6 Å². The summed E-state index contributed by atoms with van der Waals surface area (Å²) in [5, 5.41) is 2.90. The molecule has 1 atom stereocenters. The SMILES string of the molecule is COC(=O)c1cccc(-c2cnc(N)c(C(=O)N[C@H]3CCCN(C(=O)OC(C)(C)C)C3)n2)c1. The third-order valence-electron chi connectivity index (χ3n) is 5.00. The lowest BCUT2D eigenvalue weighted by Gasteiger charge is -2.34. The molecule has 0 spiro atoms. The average molecular weight is 456 g/mol. The number of benzene rings is 1. The molecule has 2 aromatic rings. The lowest BCUT2D eigenvalue weighted by Crippen LogP contribution is -2.50. The number of hydrogen-bond donors (Lipinski definition) is 2. The van der Waals surface area contributed by atoms with Gasteiger partial charge in [0.1, 0.15) is 5.60 Å². The van der Waals surface area contributed by atoms with Crippen molar-refractivity contribution < 1.29 is 23.9 Å². The van der Waals surface area contributed by atoms with Crippen LogP contribution in [0.2, 0.25) is 0 Å². The van der Waals surface area contributed by atoms with Crippen LogP contribution in [0.1, 0.15) is 54.5 Å². The topological polar surface area (TPSA) is 137 Å². The first kappa shape index (κ1) is 24.0. The number of likely N-dealkylation sites (tertiary alicyclic amines) is 1. The number of carbonyl (C=O) groups is 3. The minimum absolute atomic E-state index is 0.0137. The Kier molecular flexibility index (Phi) is 7.15. The second-order valence-electron chi connectivity index (χ2n) is 8.80. The van der Waals surface area contributed by atoms with Crippen LogP contribution in [0.5, 0.6) is 0 Å². The van der Waals surface area contributed by atoms with Crippen LogP contribution in [-0.4, -0.2) is 64.7 Å². The highest BCUT2D eigenvalue weighted by Gasteiger charge is 2.29. The second kappa shape index (κ2) is 9.85. The predicted octanol–water partition coefficient (Wildman–Crippen LogP) is 2.64. The molecule has 0 unspecified atom stereocenters. The van der Waals surface area contributed by atoms with Gasteiger partial charge >= 0.3 is 12.1 Å². The number of rotatable bonds is 4. The van der Waals surface area contributed by atoms with Gasteiger partial charge in [-0.2, -0.15) is 0 Å². The molecule has 2 heterocycles. The van der Waals surface area contributed by atoms with Gasteiger partial charge in [0, 0.05) is 24.7 Å². The van der Waals surface area contributed by atoms with Crippen LogP contribution in [0.3, 0.4) is 0 Å². The fraction of sp³-hybridized carbons (Fsp3) is 0.435. The molecule has 10 nitrogen and oxygen atoms in total. The summed E-state index contributed by atoms with van der Waals surface area (Å²) in [4.78, 5) is 47.2. The molecule has 3 N–H and O–H groups in total. The van der Waals surface area contributed by atoms with Crippen LogP contribution in [-0.2, 0) is 9.47 Å². The average Bonchev–Trinajstić information content (AvgIpc) is 2.78. The minimum atomic E-state index is -0.594. The van der Waals surface area contributed by atoms with Crippen LogP contribution in [0.25, 0.3) is 11.3 Å². The molecule has 0 radical (unpaired) electrons. The van der Waals surface area contributed by atoms with E-state index < -0.39 is 23.6 Å². The number of amides is 2. The van der Waals surface area contributed by atoms with Gasteiger partial charge in [0.15, 0.2) is 11.5 Å². The Labute approximate surface area is 192 Å². The molecule has 1 saturated heterocycles. The molecule has 2 amide bonds. The van der Waals surface area contributed by atoms with Gasteiger partial charge in [-0.25, -0.2) is 19.6 Å². The van der Waals surface area contributed by atoms with Gasteiger partial charge in [0.25, 0.3) is 5.91 Å². The summed E-state index contributed by atoms with van der Waals surface area (Å²) in [7, 11) is 1.30. The summed E-state index contributed by atoms with van der Waals surface area (Å²) in [6.45, 7) is 6.32. The van der Waals surface area contributed by atoms with E-state index in [0.29, 0.717) is 36.3 Å². The highest BCUT2D eigenvalue weighted by Crippen LogP contribution is 2.21. The van der Waals surface area contributed by atoms with Gasteiger partial charge in [-0.3, -0.25) is 4.79 Å². The third-order valence-corrected chi connectivity index (χ3v) is 5.00. The zero-order valence-electron chi connectivity index (χ0n) is 19.3. The van der Waals surface area contributed by atoms with Gasteiger partial charge in [-0.15, -0.1) is 0 Å². The standard InChI is InChI=1S/C23H29N5O5/c1-23(2,3)33-22(31)28-10-6-9-16(13-28)26-20(29)18-19(24)25-12-17(27-18)14-7-5-8-15(11-14)21(30)32-4/h5,7-8,11-12,16H,6,9-10,13H2,1-4H3,(H2,24,25)(H,26,29)/t16-/m0/s1. The Morgan fingerprint density at radius 2 is 2.00 bits per heavy atom. The number of esters is 1. The molecule has 1 aliphatic heterocycles. The molecule has 0 aliphatic carbocycles. The Balaban J connectivity index is 1.74. The first-order valence-electron chi connectivity index (χ1n) is 10.7. The smallest absolute Gasteiger partial charge is 0.410 e. The van der Waals surface area contributed by atoms with Crippen LogP contribution >= 0.6 is 0 Å². The molecule has 1 fully saturated rings. The van der Waals surface area contributed by atoms with Crippen molar-refractivity contribution in [3.8, 4) is 11.3 Å². The number of nitrogens with two attached hydrogens (primary N) is 1. The molecule has 0 bridgehead atoms. The first-order valence-corrected chi connectivity index (χ1v) is 10.7. The predicted molar refractivity (Wildman–Crippen MR) is 122 cm³/mol. The lowest BCUT2D eigenvalue weighted by atomic mass is 10.1. The van der Waals surface area contributed by atoms with E-state index in [1.54, 1.807) is 29.2 Å². The van der Waals surface area contributed by atoms with Gasteiger partial charge in [0.2, 0.25) is 0 Å². The van der Waals surface area contributed by atoms with E-state index in [9.17, 15) is 14.4 Å². The summed E-state index contributed by atoms with van der Waals surface area (Å²) in [6, 6.07) is 6.38. The lowest BCUT2D eigenvalue weighted by molar-refractivity contribution is 0.0185. The summed E-state index contributed by atoms with van der Waals surface area (Å²) in [5.41, 5.74) is 6.64. The summed E-state index contributed by atoms with van der Waals surface area (Å²) in [5.74, 6) is -0.979. The van der Waals surface area contributed by atoms with Crippen molar-refractivity contribution in [2.24, 2.45) is 0 Å². The number of piperidine rings is 1. The fourth-order valence-electron chi connectivity index (χ4n) is 3.47. The van der Waals surface area contributed by atoms with Gasteiger partial charge in [-0.1, -0.05) is 12.1 Å². The van der Waals surface area contributed by atoms with E-state index in [1.165, 1.54) is 13.3 Å². The second-order valence-corrected chi connectivity index (χ2v) is 8.80. The summed E-state index contributed by atoms with van der Waals surface area (Å²) in [6.07, 6.45) is 2.46. The number of methoxy groups -OCH3 is 1. The van der Waals surface area contributed by atoms with E-state index >= 15 is 0 Å². The van der Waals surface area contributed by atoms with Crippen LogP contribution in [0.4, 0.5) is 10.6 Å². The van der Waals surface area contributed by atoms with Crippen molar-refractivity contribution in [2.75, 3.05) is 25.9 Å².